The van der Waals surface area contributed by atoms with Crippen molar-refractivity contribution < 1.29 is 67.1 Å². The van der Waals surface area contributed by atoms with Gasteiger partial charge in [0.2, 0.25) is 0 Å². The van der Waals surface area contributed by atoms with E-state index in [0.29, 0.717) is 35.9 Å². The molecule has 0 aliphatic heterocycles. The molecular formula is C30H72Au3N9+3. The van der Waals surface area contributed by atoms with Crippen LogP contribution in [0.1, 0.15) is 96.3 Å². The van der Waals surface area contributed by atoms with Crippen LogP contribution in [0.4, 0.5) is 0 Å². The van der Waals surface area contributed by atoms with Crippen LogP contribution >= 0.6 is 0 Å². The predicted molar refractivity (Wildman–Crippen MR) is 174 cm³/mol. The number of rotatable bonds is 6. The van der Waals surface area contributed by atoms with Gasteiger partial charge in [0.1, 0.15) is 17.8 Å². The van der Waals surface area contributed by atoms with Crippen LogP contribution in [0.2, 0.25) is 0 Å². The zero-order chi connectivity index (χ0) is 30.3. The van der Waals surface area contributed by atoms with Gasteiger partial charge in [0.25, 0.3) is 0 Å². The Hall–Kier alpha value is 1.47. The van der Waals surface area contributed by atoms with E-state index in [2.05, 4.69) is 20.8 Å². The smallest absolute Gasteiger partial charge is 0.110 e. The average molecular weight is 1150 g/mol. The second kappa shape index (κ2) is 44.6. The minimum absolute atomic E-state index is 0. The maximum Gasteiger partial charge on any atom is 0.110 e. The average Bonchev–Trinajstić information content (AvgIpc) is 2.93. The summed E-state index contributed by atoms with van der Waals surface area (Å²) in [7, 11) is 0. The first-order valence-electron chi connectivity index (χ1n) is 15.6. The molecule has 3 aliphatic carbocycles. The molecule has 9 nitrogen and oxygen atoms in total. The van der Waals surface area contributed by atoms with Crippen LogP contribution < -0.4 is 51.6 Å². The van der Waals surface area contributed by atoms with Crippen molar-refractivity contribution >= 4 is 0 Å². The molecule has 3 aliphatic rings. The van der Waals surface area contributed by atoms with Crippen LogP contribution in [0, 0.1) is 38.5 Å². The van der Waals surface area contributed by atoms with Crippen LogP contribution in [0.3, 0.4) is 0 Å². The van der Waals surface area contributed by atoms with Gasteiger partial charge in [0.15, 0.2) is 0 Å². The molecule has 0 spiro atoms. The van der Waals surface area contributed by atoms with Gasteiger partial charge in [0, 0.05) is 85.3 Å². The molecule has 6 atom stereocenters. The molecule has 1 unspecified atom stereocenters. The van der Waals surface area contributed by atoms with Gasteiger partial charge in [-0.2, -0.15) is 0 Å². The van der Waals surface area contributed by atoms with Crippen molar-refractivity contribution in [1.82, 2.24) is 0 Å². The first kappa shape index (κ1) is 55.8. The molecule has 3 rings (SSSR count). The van der Waals surface area contributed by atoms with E-state index in [4.69, 9.17) is 51.6 Å². The fourth-order valence-electron chi connectivity index (χ4n) is 4.06. The molecule has 3 fully saturated rings. The largest absolute Gasteiger partial charge is 0.330 e. The van der Waals surface area contributed by atoms with Crippen molar-refractivity contribution in [3.05, 3.63) is 20.8 Å². The van der Waals surface area contributed by atoms with Crippen molar-refractivity contribution in [2.45, 2.75) is 114 Å². The standard InChI is InChI=1S/3C7H14N.3C3H10N2.3Au/c3*1-6-4-2-3-5-7(6)8;3*4-2-1-3-5;;;/h3*6-7H,1-5,8H2;3*1-5H2;;;/q3*+1;;;;;;/t6?,7-;2*6-,7-;;;;;;/m010....../s1. The van der Waals surface area contributed by atoms with Gasteiger partial charge >= 0.3 is 0 Å². The van der Waals surface area contributed by atoms with E-state index in [0.717, 1.165) is 58.5 Å². The first-order valence-corrected chi connectivity index (χ1v) is 15.6. The van der Waals surface area contributed by atoms with E-state index < -0.39 is 0 Å². The van der Waals surface area contributed by atoms with Crippen molar-refractivity contribution in [3.8, 4) is 0 Å². The fraction of sp³-hybridized carbons (Fsp3) is 0.900. The Labute approximate surface area is 308 Å². The second-order valence-corrected chi connectivity index (χ2v) is 10.9. The SMILES string of the molecule is NCCCN.NCCCN.NCCCN.[Au].[Au].[Au].[CH2+]C1CCCC[C@@H]1N.[CH2+][C@@H]1CCCC[C@H]1N.[CH2+][C@H]1CCCC[C@@H]1N. The Bertz CT molecular complexity index is 360. The molecule has 3 radical (unpaired) electrons. The Morgan fingerprint density at radius 3 is 0.595 bits per heavy atom. The zero-order valence-electron chi connectivity index (χ0n) is 26.5. The molecule has 3 saturated carbocycles. The topological polar surface area (TPSA) is 234 Å². The summed E-state index contributed by atoms with van der Waals surface area (Å²) in [5.74, 6) is 1.59. The minimum Gasteiger partial charge on any atom is -0.330 e. The molecule has 0 saturated heterocycles. The maximum absolute atomic E-state index is 5.72. The van der Waals surface area contributed by atoms with Crippen LogP contribution in [-0.2, 0) is 67.1 Å². The van der Waals surface area contributed by atoms with E-state index in [-0.39, 0.29) is 67.1 Å². The quantitative estimate of drug-likeness (QED) is 0.140. The molecule has 42 heavy (non-hydrogen) atoms. The van der Waals surface area contributed by atoms with Crippen molar-refractivity contribution in [2.75, 3.05) is 39.3 Å². The van der Waals surface area contributed by atoms with Crippen molar-refractivity contribution in [2.24, 2.45) is 69.4 Å². The minimum atomic E-state index is 0. The van der Waals surface area contributed by atoms with Gasteiger partial charge in [0.05, 0.1) is 20.8 Å². The van der Waals surface area contributed by atoms with Gasteiger partial charge in [-0.05, 0) is 116 Å². The summed E-state index contributed by atoms with van der Waals surface area (Å²) in [5, 5.41) is 0. The van der Waals surface area contributed by atoms with E-state index in [9.17, 15) is 0 Å². The molecule has 0 aromatic heterocycles. The summed E-state index contributed by atoms with van der Waals surface area (Å²) in [4.78, 5) is 0. The summed E-state index contributed by atoms with van der Waals surface area (Å²) >= 11 is 0. The van der Waals surface area contributed by atoms with Gasteiger partial charge < -0.3 is 51.6 Å². The monoisotopic (exact) mass is 1150 g/mol. The van der Waals surface area contributed by atoms with E-state index in [1.807, 2.05) is 0 Å². The normalized spacial score (nSPS) is 25.6. The number of hydrogen-bond acceptors (Lipinski definition) is 9. The Balaban J connectivity index is -0.0000000927. The Kier molecular flexibility index (Phi) is 59.3. The van der Waals surface area contributed by atoms with Crippen LogP contribution in [0.25, 0.3) is 0 Å². The summed E-state index contributed by atoms with van der Waals surface area (Å²) in [6.07, 6.45) is 18.1. The van der Waals surface area contributed by atoms with Crippen molar-refractivity contribution in [3.63, 3.8) is 0 Å². The molecule has 0 amide bonds. The van der Waals surface area contributed by atoms with Crippen LogP contribution in [0.15, 0.2) is 0 Å². The fourth-order valence-corrected chi connectivity index (χ4v) is 4.06. The third-order valence-electron chi connectivity index (χ3n) is 7.13. The van der Waals surface area contributed by atoms with Gasteiger partial charge in [-0.1, -0.05) is 19.3 Å². The number of hydrogen-bond donors (Lipinski definition) is 9. The van der Waals surface area contributed by atoms with Crippen LogP contribution in [0.5, 0.6) is 0 Å². The van der Waals surface area contributed by atoms with Crippen LogP contribution in [-0.4, -0.2) is 57.4 Å². The zero-order valence-corrected chi connectivity index (χ0v) is 33.0. The number of nitrogens with two attached hydrogens (primary N) is 9. The molecule has 267 valence electrons. The Morgan fingerprint density at radius 1 is 0.357 bits per heavy atom. The molecule has 18 N–H and O–H groups in total. The molecule has 0 aromatic rings. The molecule has 12 heteroatoms. The third-order valence-corrected chi connectivity index (χ3v) is 7.13. The second-order valence-electron chi connectivity index (χ2n) is 10.9. The summed E-state index contributed by atoms with van der Waals surface area (Å²) in [5.41, 5.74) is 47.5. The molecule has 0 aromatic carbocycles. The molecule has 0 bridgehead atoms. The van der Waals surface area contributed by atoms with E-state index in [1.165, 1.54) is 77.0 Å². The summed E-state index contributed by atoms with van der Waals surface area (Å²) in [6.45, 7) is 16.2. The maximum atomic E-state index is 5.72. The van der Waals surface area contributed by atoms with E-state index >= 15 is 0 Å². The molecular weight excluding hydrogens is 1080 g/mol. The Morgan fingerprint density at radius 2 is 0.524 bits per heavy atom. The van der Waals surface area contributed by atoms with E-state index in [1.54, 1.807) is 0 Å². The molecule has 0 heterocycles. The van der Waals surface area contributed by atoms with Crippen molar-refractivity contribution in [1.29, 1.82) is 0 Å². The summed E-state index contributed by atoms with van der Waals surface area (Å²) in [6, 6.07) is 1.18. The van der Waals surface area contributed by atoms with Gasteiger partial charge in [-0.3, -0.25) is 0 Å². The van der Waals surface area contributed by atoms with Gasteiger partial charge in [-0.15, -0.1) is 0 Å². The third kappa shape index (κ3) is 41.5. The first-order chi connectivity index (χ1) is 18.7. The van der Waals surface area contributed by atoms with Gasteiger partial charge in [-0.25, -0.2) is 0 Å². The summed E-state index contributed by atoms with van der Waals surface area (Å²) < 4.78 is 0. The predicted octanol–water partition coefficient (Wildman–Crippen LogP) is 1.89.